The summed E-state index contributed by atoms with van der Waals surface area (Å²) in [6.07, 6.45) is 6.39. The van der Waals surface area contributed by atoms with Crippen LogP contribution >= 0.6 is 0 Å². The first-order valence-corrected chi connectivity index (χ1v) is 9.76. The number of benzene rings is 1. The number of hydrogen-bond acceptors (Lipinski definition) is 3. The lowest BCUT2D eigenvalue weighted by Crippen LogP contribution is -2.45. The average molecular weight is 357 g/mol. The van der Waals surface area contributed by atoms with Gasteiger partial charge < -0.3 is 9.84 Å². The highest BCUT2D eigenvalue weighted by Crippen LogP contribution is 2.61. The van der Waals surface area contributed by atoms with Gasteiger partial charge in [0.25, 0.3) is 0 Å². The minimum Gasteiger partial charge on any atom is -0.458 e. The summed E-state index contributed by atoms with van der Waals surface area (Å²) in [6, 6.07) is 9.15. The van der Waals surface area contributed by atoms with Crippen LogP contribution in [0.4, 0.5) is 0 Å². The Morgan fingerprint density at radius 3 is 2.38 bits per heavy atom. The van der Waals surface area contributed by atoms with E-state index < -0.39 is 5.60 Å². The molecule has 0 aromatic heterocycles. The predicted molar refractivity (Wildman–Crippen MR) is 104 cm³/mol. The summed E-state index contributed by atoms with van der Waals surface area (Å²) in [5.41, 5.74) is -0.398. The maximum absolute atomic E-state index is 12.8. The predicted octanol–water partition coefficient (Wildman–Crippen LogP) is 5.00. The fourth-order valence-corrected chi connectivity index (χ4v) is 5.14. The van der Waals surface area contributed by atoms with Crippen LogP contribution in [0.5, 0.6) is 0 Å². The molecule has 3 rings (SSSR count). The zero-order valence-electron chi connectivity index (χ0n) is 16.7. The number of carbonyl (C=O) groups excluding carboxylic acids is 1. The van der Waals surface area contributed by atoms with E-state index in [1.54, 1.807) is 12.1 Å². The zero-order chi connectivity index (χ0) is 19.2. The molecule has 0 saturated heterocycles. The molecular formula is C23H32O3. The van der Waals surface area contributed by atoms with Gasteiger partial charge in [-0.2, -0.15) is 0 Å². The number of aliphatic hydroxyl groups is 1. The highest BCUT2D eigenvalue weighted by atomic mass is 16.5. The van der Waals surface area contributed by atoms with Gasteiger partial charge in [0.1, 0.15) is 6.10 Å². The van der Waals surface area contributed by atoms with Crippen molar-refractivity contribution in [2.75, 3.05) is 0 Å². The van der Waals surface area contributed by atoms with Gasteiger partial charge in [-0.05, 0) is 48.6 Å². The smallest absolute Gasteiger partial charge is 0.338 e. The molecule has 1 saturated carbocycles. The van der Waals surface area contributed by atoms with E-state index in [-0.39, 0.29) is 28.8 Å². The third-order valence-corrected chi connectivity index (χ3v) is 7.02. The van der Waals surface area contributed by atoms with Crippen molar-refractivity contribution in [3.8, 4) is 0 Å². The summed E-state index contributed by atoms with van der Waals surface area (Å²) in [5, 5.41) is 10.8. The van der Waals surface area contributed by atoms with Crippen LogP contribution in [0.3, 0.4) is 0 Å². The van der Waals surface area contributed by atoms with Crippen LogP contribution in [0.15, 0.2) is 42.5 Å². The van der Waals surface area contributed by atoms with Crippen molar-refractivity contribution in [1.29, 1.82) is 0 Å². The first kappa shape index (κ1) is 19.2. The van der Waals surface area contributed by atoms with Crippen LogP contribution in [0.1, 0.15) is 64.2 Å². The summed E-state index contributed by atoms with van der Waals surface area (Å²) in [4.78, 5) is 12.8. The van der Waals surface area contributed by atoms with E-state index in [1.165, 1.54) is 0 Å². The molecule has 0 spiro atoms. The molecule has 0 amide bonds. The van der Waals surface area contributed by atoms with Crippen molar-refractivity contribution in [3.05, 3.63) is 48.0 Å². The summed E-state index contributed by atoms with van der Waals surface area (Å²) in [7, 11) is 0. The van der Waals surface area contributed by atoms with E-state index in [0.29, 0.717) is 17.9 Å². The monoisotopic (exact) mass is 356 g/mol. The van der Waals surface area contributed by atoms with Gasteiger partial charge in [0.15, 0.2) is 0 Å². The largest absolute Gasteiger partial charge is 0.458 e. The maximum Gasteiger partial charge on any atom is 0.338 e. The summed E-state index contributed by atoms with van der Waals surface area (Å²) in [5.74, 6) is 0.366. The fourth-order valence-electron chi connectivity index (χ4n) is 5.14. The van der Waals surface area contributed by atoms with Crippen LogP contribution in [0, 0.1) is 22.7 Å². The van der Waals surface area contributed by atoms with Crippen molar-refractivity contribution in [3.63, 3.8) is 0 Å². The molecule has 0 aliphatic heterocycles. The molecule has 2 aliphatic rings. The quantitative estimate of drug-likeness (QED) is 0.612. The number of hydrogen-bond donors (Lipinski definition) is 1. The number of ether oxygens (including phenoxy) is 1. The Morgan fingerprint density at radius 2 is 1.77 bits per heavy atom. The van der Waals surface area contributed by atoms with Crippen molar-refractivity contribution in [2.45, 2.75) is 65.6 Å². The lowest BCUT2D eigenvalue weighted by atomic mass is 9.63. The second-order valence-corrected chi connectivity index (χ2v) is 9.35. The zero-order valence-corrected chi connectivity index (χ0v) is 16.7. The first-order valence-electron chi connectivity index (χ1n) is 9.76. The van der Waals surface area contributed by atoms with Crippen LogP contribution in [0.2, 0.25) is 0 Å². The minimum atomic E-state index is -0.965. The molecule has 0 heterocycles. The van der Waals surface area contributed by atoms with Crippen molar-refractivity contribution in [1.82, 2.24) is 0 Å². The molecule has 2 aliphatic carbocycles. The Hall–Kier alpha value is -1.61. The molecule has 26 heavy (non-hydrogen) atoms. The molecule has 1 fully saturated rings. The molecule has 1 aromatic rings. The molecule has 3 heteroatoms. The molecular weight excluding hydrogens is 324 g/mol. The minimum absolute atomic E-state index is 0.0683. The van der Waals surface area contributed by atoms with Gasteiger partial charge >= 0.3 is 5.97 Å². The molecule has 1 unspecified atom stereocenters. The summed E-state index contributed by atoms with van der Waals surface area (Å²) < 4.78 is 6.08. The molecule has 142 valence electrons. The third kappa shape index (κ3) is 3.34. The topological polar surface area (TPSA) is 46.5 Å². The molecule has 1 aromatic carbocycles. The van der Waals surface area contributed by atoms with Gasteiger partial charge in [0, 0.05) is 12.3 Å². The van der Waals surface area contributed by atoms with Crippen molar-refractivity contribution >= 4 is 5.97 Å². The standard InChI is InChI=1S/C23H32O3/c1-16(2)23(5)14-12-21(3)11-13-22(4,25)15-18(19(21)23)26-20(24)17-9-7-6-8-10-17/h6-11,13,16,18-19,25H,12,14-15H2,1-5H3/t18-,19?,21-,22-,23-/m0/s1. The van der Waals surface area contributed by atoms with Gasteiger partial charge in [-0.25, -0.2) is 4.79 Å². The first-order chi connectivity index (χ1) is 12.1. The van der Waals surface area contributed by atoms with E-state index in [1.807, 2.05) is 31.2 Å². The Morgan fingerprint density at radius 1 is 1.12 bits per heavy atom. The highest BCUT2D eigenvalue weighted by Gasteiger charge is 2.58. The van der Waals surface area contributed by atoms with Gasteiger partial charge in [-0.15, -0.1) is 0 Å². The molecule has 5 atom stereocenters. The van der Waals surface area contributed by atoms with Crippen molar-refractivity contribution in [2.24, 2.45) is 22.7 Å². The van der Waals surface area contributed by atoms with E-state index in [0.717, 1.165) is 12.8 Å². The number of esters is 1. The number of carbonyl (C=O) groups is 1. The summed E-state index contributed by atoms with van der Waals surface area (Å²) in [6.45, 7) is 10.9. The second kappa shape index (κ2) is 6.53. The maximum atomic E-state index is 12.8. The van der Waals surface area contributed by atoms with Crippen LogP contribution in [-0.4, -0.2) is 22.8 Å². The lowest BCUT2D eigenvalue weighted by Gasteiger charge is -2.44. The second-order valence-electron chi connectivity index (χ2n) is 9.35. The molecule has 0 radical (unpaired) electrons. The molecule has 1 N–H and O–H groups in total. The van der Waals surface area contributed by atoms with Gasteiger partial charge in [0.05, 0.1) is 11.2 Å². The fraction of sp³-hybridized carbons (Fsp3) is 0.609. The van der Waals surface area contributed by atoms with E-state index in [2.05, 4.69) is 33.8 Å². The van der Waals surface area contributed by atoms with E-state index in [9.17, 15) is 9.90 Å². The molecule has 0 bridgehead atoms. The Bertz CT molecular complexity index is 691. The lowest BCUT2D eigenvalue weighted by molar-refractivity contribution is -0.0615. The number of fused-ring (bicyclic) bond motifs is 1. The van der Waals surface area contributed by atoms with Crippen molar-refractivity contribution < 1.29 is 14.6 Å². The Kier molecular flexibility index (Phi) is 4.81. The third-order valence-electron chi connectivity index (χ3n) is 7.02. The van der Waals surface area contributed by atoms with Gasteiger partial charge in [0.2, 0.25) is 0 Å². The normalized spacial score (nSPS) is 39.5. The average Bonchev–Trinajstić information content (AvgIpc) is 2.81. The Labute approximate surface area is 157 Å². The van der Waals surface area contributed by atoms with E-state index >= 15 is 0 Å². The highest BCUT2D eigenvalue weighted by molar-refractivity contribution is 5.89. The molecule has 3 nitrogen and oxygen atoms in total. The SMILES string of the molecule is CC(C)[C@]1(C)CC[C@]2(C)C=C[C@](C)(O)C[C@H](OC(=O)c3ccccc3)C12. The Balaban J connectivity index is 1.98. The van der Waals surface area contributed by atoms with Crippen LogP contribution < -0.4 is 0 Å². The van der Waals surface area contributed by atoms with E-state index in [4.69, 9.17) is 4.74 Å². The van der Waals surface area contributed by atoms with Crippen LogP contribution in [0.25, 0.3) is 0 Å². The number of allylic oxidation sites excluding steroid dienone is 1. The van der Waals surface area contributed by atoms with Gasteiger partial charge in [-0.3, -0.25) is 0 Å². The summed E-state index contributed by atoms with van der Waals surface area (Å²) >= 11 is 0. The van der Waals surface area contributed by atoms with Gasteiger partial charge in [-0.1, -0.05) is 58.0 Å². The van der Waals surface area contributed by atoms with Crippen LogP contribution in [-0.2, 0) is 4.74 Å². The number of rotatable bonds is 3.